The quantitative estimate of drug-likeness (QED) is 0.221. The second-order valence-corrected chi connectivity index (χ2v) is 11.1. The number of hydrogen-bond acceptors (Lipinski definition) is 0. The standard InChI is InChI=1S/C40H26N2/c1-3-11-25(12-4-1)27-19-21-33-35(23-27)41-39-31-17-9-8-16-30(31)38-34-22-20-28(26-13-5-2-6-14-26)24-36(34)42-40(38)32-18-10-7-15-29(32)37(33)39/h1-24,41-42H. The highest BCUT2D eigenvalue weighted by molar-refractivity contribution is 6.16. The number of aromatic amines is 2. The average molecular weight is 535 g/mol. The van der Waals surface area contributed by atoms with Crippen molar-refractivity contribution in [3.05, 3.63) is 146 Å². The molecular formula is C40H26N2. The van der Waals surface area contributed by atoms with Gasteiger partial charge in [-0.2, -0.15) is 0 Å². The van der Waals surface area contributed by atoms with Crippen molar-refractivity contribution in [3.63, 3.8) is 0 Å². The molecule has 2 heterocycles. The van der Waals surface area contributed by atoms with Crippen molar-refractivity contribution in [2.75, 3.05) is 0 Å². The highest BCUT2D eigenvalue weighted by atomic mass is 14.8. The van der Waals surface area contributed by atoms with Crippen LogP contribution in [0.25, 0.3) is 88.8 Å². The molecule has 0 spiro atoms. The van der Waals surface area contributed by atoms with Crippen LogP contribution < -0.4 is 0 Å². The monoisotopic (exact) mass is 534 g/mol. The van der Waals surface area contributed by atoms with Crippen molar-refractivity contribution in [3.8, 4) is 67.0 Å². The van der Waals surface area contributed by atoms with E-state index in [0.717, 1.165) is 11.0 Å². The van der Waals surface area contributed by atoms with Crippen LogP contribution in [-0.2, 0) is 0 Å². The Labute approximate surface area is 243 Å². The van der Waals surface area contributed by atoms with Crippen LogP contribution in [-0.4, -0.2) is 9.97 Å². The molecule has 0 saturated heterocycles. The van der Waals surface area contributed by atoms with E-state index in [9.17, 15) is 0 Å². The largest absolute Gasteiger partial charge is 0.354 e. The van der Waals surface area contributed by atoms with Gasteiger partial charge in [0.1, 0.15) is 0 Å². The maximum Gasteiger partial charge on any atom is 0.0551 e. The van der Waals surface area contributed by atoms with Crippen molar-refractivity contribution in [2.45, 2.75) is 0 Å². The summed E-state index contributed by atoms with van der Waals surface area (Å²) in [6.45, 7) is 0. The van der Waals surface area contributed by atoms with Gasteiger partial charge in [0.15, 0.2) is 0 Å². The molecule has 6 aromatic carbocycles. The molecule has 0 aliphatic heterocycles. The van der Waals surface area contributed by atoms with Crippen LogP contribution in [0.4, 0.5) is 0 Å². The minimum absolute atomic E-state index is 1.15. The lowest BCUT2D eigenvalue weighted by molar-refractivity contribution is 1.42. The molecule has 1 aliphatic carbocycles. The predicted molar refractivity (Wildman–Crippen MR) is 176 cm³/mol. The fourth-order valence-corrected chi connectivity index (χ4v) is 6.82. The van der Waals surface area contributed by atoms with Gasteiger partial charge in [-0.25, -0.2) is 0 Å². The molecule has 0 fully saturated rings. The number of benzene rings is 6. The number of aromatic nitrogens is 2. The van der Waals surface area contributed by atoms with Crippen LogP contribution >= 0.6 is 0 Å². The zero-order valence-electron chi connectivity index (χ0n) is 22.9. The molecule has 0 atom stereocenters. The highest BCUT2D eigenvalue weighted by Crippen LogP contribution is 2.51. The third kappa shape index (κ3) is 3.39. The zero-order chi connectivity index (χ0) is 27.6. The summed E-state index contributed by atoms with van der Waals surface area (Å²) in [7, 11) is 0. The minimum atomic E-state index is 1.15. The van der Waals surface area contributed by atoms with Gasteiger partial charge in [0, 0.05) is 44.1 Å². The number of hydrogen-bond donors (Lipinski definition) is 2. The lowest BCUT2D eigenvalue weighted by atomic mass is 9.84. The van der Waals surface area contributed by atoms with E-state index in [2.05, 4.69) is 156 Å². The summed E-state index contributed by atoms with van der Waals surface area (Å²) in [6, 6.07) is 52.5. The van der Waals surface area contributed by atoms with Crippen molar-refractivity contribution in [1.82, 2.24) is 9.97 Å². The van der Waals surface area contributed by atoms with Crippen molar-refractivity contribution >= 4 is 21.8 Å². The molecule has 9 rings (SSSR count). The van der Waals surface area contributed by atoms with E-state index in [4.69, 9.17) is 0 Å². The van der Waals surface area contributed by atoms with Crippen LogP contribution in [0.5, 0.6) is 0 Å². The Morgan fingerprint density at radius 2 is 0.690 bits per heavy atom. The predicted octanol–water partition coefficient (Wildman–Crippen LogP) is 11.0. The first-order valence-electron chi connectivity index (χ1n) is 14.5. The molecule has 196 valence electrons. The second kappa shape index (κ2) is 8.95. The van der Waals surface area contributed by atoms with Crippen LogP contribution in [0.3, 0.4) is 0 Å². The molecule has 8 aromatic rings. The van der Waals surface area contributed by atoms with Gasteiger partial charge in [-0.15, -0.1) is 0 Å². The maximum absolute atomic E-state index is 3.88. The first-order chi connectivity index (χ1) is 20.8. The van der Waals surface area contributed by atoms with Crippen molar-refractivity contribution < 1.29 is 0 Å². The Morgan fingerprint density at radius 1 is 0.310 bits per heavy atom. The van der Waals surface area contributed by atoms with Gasteiger partial charge in [0.05, 0.1) is 11.4 Å². The lowest BCUT2D eigenvalue weighted by Gasteiger charge is -2.19. The highest BCUT2D eigenvalue weighted by Gasteiger charge is 2.27. The van der Waals surface area contributed by atoms with Crippen molar-refractivity contribution in [1.29, 1.82) is 0 Å². The molecule has 2 nitrogen and oxygen atoms in total. The summed E-state index contributed by atoms with van der Waals surface area (Å²) < 4.78 is 0. The van der Waals surface area contributed by atoms with Crippen LogP contribution in [0, 0.1) is 0 Å². The van der Waals surface area contributed by atoms with Crippen molar-refractivity contribution in [2.24, 2.45) is 0 Å². The lowest BCUT2D eigenvalue weighted by Crippen LogP contribution is -1.95. The molecule has 0 bridgehead atoms. The molecule has 42 heavy (non-hydrogen) atoms. The summed E-state index contributed by atoms with van der Waals surface area (Å²) in [6.07, 6.45) is 0. The number of nitrogens with one attached hydrogen (secondary N) is 2. The third-order valence-corrected chi connectivity index (χ3v) is 8.74. The summed E-state index contributed by atoms with van der Waals surface area (Å²) >= 11 is 0. The molecule has 2 aromatic heterocycles. The fraction of sp³-hybridized carbons (Fsp3) is 0. The smallest absolute Gasteiger partial charge is 0.0551 e. The Balaban J connectivity index is 1.35. The van der Waals surface area contributed by atoms with E-state index in [1.807, 2.05) is 0 Å². The van der Waals surface area contributed by atoms with Crippen LogP contribution in [0.1, 0.15) is 0 Å². The summed E-state index contributed by atoms with van der Waals surface area (Å²) in [5, 5.41) is 2.47. The average Bonchev–Trinajstić information content (AvgIpc) is 3.62. The normalized spacial score (nSPS) is 11.8. The Kier molecular flexibility index (Phi) is 4.93. The zero-order valence-corrected chi connectivity index (χ0v) is 22.9. The number of rotatable bonds is 2. The summed E-state index contributed by atoms with van der Waals surface area (Å²) in [5.74, 6) is 0. The maximum atomic E-state index is 3.88. The summed E-state index contributed by atoms with van der Waals surface area (Å²) in [4.78, 5) is 7.77. The van der Waals surface area contributed by atoms with Crippen LogP contribution in [0.15, 0.2) is 146 Å². The van der Waals surface area contributed by atoms with E-state index >= 15 is 0 Å². The Morgan fingerprint density at radius 3 is 1.12 bits per heavy atom. The van der Waals surface area contributed by atoms with Gasteiger partial charge in [0.25, 0.3) is 0 Å². The number of H-pyrrole nitrogens is 2. The van der Waals surface area contributed by atoms with Gasteiger partial charge < -0.3 is 9.97 Å². The first-order valence-corrected chi connectivity index (χ1v) is 14.5. The fourth-order valence-electron chi connectivity index (χ4n) is 6.82. The van der Waals surface area contributed by atoms with E-state index in [-0.39, 0.29) is 0 Å². The topological polar surface area (TPSA) is 31.6 Å². The molecule has 0 amide bonds. The number of fused-ring (bicyclic) bond motifs is 12. The molecule has 2 N–H and O–H groups in total. The van der Waals surface area contributed by atoms with E-state index in [0.29, 0.717) is 0 Å². The molecule has 1 aliphatic rings. The van der Waals surface area contributed by atoms with Crippen LogP contribution in [0.2, 0.25) is 0 Å². The molecule has 2 heteroatoms. The SMILES string of the molecule is c1ccc(-c2ccc3c4c([nH]c3c2)-c2ccccc2-c2c([nH]c3cc(-c5ccccc5)ccc23)-c2ccccc2-4)cc1. The van der Waals surface area contributed by atoms with E-state index in [1.54, 1.807) is 0 Å². The Hall–Kier alpha value is -5.60. The molecule has 0 unspecified atom stereocenters. The minimum Gasteiger partial charge on any atom is -0.354 e. The van der Waals surface area contributed by atoms with Gasteiger partial charge >= 0.3 is 0 Å². The molecular weight excluding hydrogens is 508 g/mol. The third-order valence-electron chi connectivity index (χ3n) is 8.74. The van der Waals surface area contributed by atoms with Gasteiger partial charge in [0.2, 0.25) is 0 Å². The second-order valence-electron chi connectivity index (χ2n) is 11.1. The first kappa shape index (κ1) is 23.1. The van der Waals surface area contributed by atoms with Gasteiger partial charge in [-0.1, -0.05) is 133 Å². The van der Waals surface area contributed by atoms with E-state index in [1.165, 1.54) is 77.8 Å². The summed E-state index contributed by atoms with van der Waals surface area (Å²) in [5.41, 5.74) is 16.9. The Bertz CT molecular complexity index is 2120. The molecule has 0 radical (unpaired) electrons. The molecule has 0 saturated carbocycles. The van der Waals surface area contributed by atoms with E-state index < -0.39 is 0 Å². The van der Waals surface area contributed by atoms with Gasteiger partial charge in [-0.05, 0) is 45.5 Å². The van der Waals surface area contributed by atoms with Gasteiger partial charge in [-0.3, -0.25) is 0 Å².